The van der Waals surface area contributed by atoms with E-state index >= 15 is 0 Å². The summed E-state index contributed by atoms with van der Waals surface area (Å²) in [5, 5.41) is 18.4. The number of allylic oxidation sites excluding steroid dienone is 2. The Morgan fingerprint density at radius 3 is 3.15 bits per heavy atom. The summed E-state index contributed by atoms with van der Waals surface area (Å²) in [5.41, 5.74) is 0.732. The Labute approximate surface area is 152 Å². The predicted octanol–water partition coefficient (Wildman–Crippen LogP) is 1.75. The monoisotopic (exact) mass is 355 g/mol. The van der Waals surface area contributed by atoms with Crippen LogP contribution in [0, 0.1) is 5.92 Å². The maximum atomic E-state index is 12.1. The molecule has 0 spiro atoms. The van der Waals surface area contributed by atoms with E-state index in [2.05, 4.69) is 43.0 Å². The number of hydrogen-bond acceptors (Lipinski definition) is 5. The van der Waals surface area contributed by atoms with Crippen LogP contribution in [0.3, 0.4) is 0 Å². The maximum Gasteiger partial charge on any atom is 0.315 e. The lowest BCUT2D eigenvalue weighted by atomic mass is 10.0. The van der Waals surface area contributed by atoms with Crippen LogP contribution in [0.25, 0.3) is 5.65 Å². The van der Waals surface area contributed by atoms with Gasteiger partial charge < -0.3 is 15.5 Å². The summed E-state index contributed by atoms with van der Waals surface area (Å²) < 4.78 is 1.67. The van der Waals surface area contributed by atoms with Gasteiger partial charge in [-0.2, -0.15) is 4.52 Å². The van der Waals surface area contributed by atoms with Crippen LogP contribution in [0.5, 0.6) is 0 Å². The minimum absolute atomic E-state index is 0.0685. The largest absolute Gasteiger partial charge is 0.353 e. The van der Waals surface area contributed by atoms with Crippen molar-refractivity contribution in [1.29, 1.82) is 0 Å². The highest BCUT2D eigenvalue weighted by molar-refractivity contribution is 5.74. The summed E-state index contributed by atoms with van der Waals surface area (Å²) in [6, 6.07) is 3.93. The van der Waals surface area contributed by atoms with Crippen LogP contribution in [-0.4, -0.2) is 51.5 Å². The van der Waals surface area contributed by atoms with E-state index in [9.17, 15) is 4.79 Å². The first-order valence-electron chi connectivity index (χ1n) is 9.41. The summed E-state index contributed by atoms with van der Waals surface area (Å²) in [6.45, 7) is 2.37. The lowest BCUT2D eigenvalue weighted by molar-refractivity contribution is 0.237. The van der Waals surface area contributed by atoms with Gasteiger partial charge in [0.15, 0.2) is 5.65 Å². The van der Waals surface area contributed by atoms with E-state index in [-0.39, 0.29) is 12.1 Å². The number of amides is 2. The van der Waals surface area contributed by atoms with Crippen LogP contribution in [-0.2, 0) is 0 Å². The first-order chi connectivity index (χ1) is 12.8. The van der Waals surface area contributed by atoms with Crippen molar-refractivity contribution < 1.29 is 4.79 Å². The van der Waals surface area contributed by atoms with E-state index in [0.717, 1.165) is 50.4 Å². The average molecular weight is 355 g/mol. The van der Waals surface area contributed by atoms with Gasteiger partial charge in [0.25, 0.3) is 0 Å². The molecule has 3 heterocycles. The fraction of sp³-hybridized carbons (Fsp3) is 0.556. The second-order valence-electron chi connectivity index (χ2n) is 7.06. The third-order valence-corrected chi connectivity index (χ3v) is 5.14. The Hall–Kier alpha value is -2.64. The van der Waals surface area contributed by atoms with Crippen molar-refractivity contribution in [3.63, 3.8) is 0 Å². The van der Waals surface area contributed by atoms with Crippen molar-refractivity contribution in [2.24, 2.45) is 5.92 Å². The average Bonchev–Trinajstić information content (AvgIpc) is 3.39. The van der Waals surface area contributed by atoms with Gasteiger partial charge in [0, 0.05) is 25.7 Å². The Morgan fingerprint density at radius 1 is 1.31 bits per heavy atom. The molecule has 0 bridgehead atoms. The van der Waals surface area contributed by atoms with Gasteiger partial charge in [-0.05, 0) is 50.2 Å². The topological polar surface area (TPSA) is 87.5 Å². The molecule has 8 heteroatoms. The van der Waals surface area contributed by atoms with Crippen LogP contribution in [0.15, 0.2) is 30.6 Å². The molecule has 138 valence electrons. The third-order valence-electron chi connectivity index (χ3n) is 5.14. The summed E-state index contributed by atoms with van der Waals surface area (Å²) in [5.74, 6) is 1.59. The Morgan fingerprint density at radius 2 is 2.27 bits per heavy atom. The van der Waals surface area contributed by atoms with Crippen LogP contribution in [0.4, 0.5) is 10.6 Å². The Bertz CT molecular complexity index is 787. The molecule has 2 unspecified atom stereocenters. The van der Waals surface area contributed by atoms with Gasteiger partial charge in [-0.3, -0.25) is 0 Å². The maximum absolute atomic E-state index is 12.1. The van der Waals surface area contributed by atoms with E-state index in [1.54, 1.807) is 10.8 Å². The molecular formula is C18H25N7O. The van der Waals surface area contributed by atoms with Gasteiger partial charge in [0.05, 0.1) is 0 Å². The van der Waals surface area contributed by atoms with E-state index in [1.165, 1.54) is 12.8 Å². The number of carbonyl (C=O) groups is 1. The molecule has 1 aliphatic carbocycles. The normalized spacial score (nSPS) is 22.2. The fourth-order valence-corrected chi connectivity index (χ4v) is 3.71. The van der Waals surface area contributed by atoms with E-state index in [1.807, 2.05) is 12.1 Å². The lowest BCUT2D eigenvalue weighted by Gasteiger charge is -2.18. The second-order valence-corrected chi connectivity index (χ2v) is 7.06. The quantitative estimate of drug-likeness (QED) is 0.609. The zero-order valence-electron chi connectivity index (χ0n) is 14.8. The molecule has 2 amide bonds. The highest BCUT2D eigenvalue weighted by Gasteiger charge is 2.25. The minimum atomic E-state index is -0.0685. The molecule has 8 nitrogen and oxygen atoms in total. The number of fused-ring (bicyclic) bond motifs is 1. The zero-order valence-corrected chi connectivity index (χ0v) is 14.8. The molecule has 26 heavy (non-hydrogen) atoms. The summed E-state index contributed by atoms with van der Waals surface area (Å²) in [6.07, 6.45) is 11.7. The predicted molar refractivity (Wildman–Crippen MR) is 99.0 cm³/mol. The first kappa shape index (κ1) is 16.8. The molecule has 1 aliphatic heterocycles. The highest BCUT2D eigenvalue weighted by Crippen LogP contribution is 2.21. The van der Waals surface area contributed by atoms with Crippen molar-refractivity contribution in [1.82, 2.24) is 30.4 Å². The van der Waals surface area contributed by atoms with Crippen LogP contribution in [0.1, 0.15) is 32.1 Å². The smallest absolute Gasteiger partial charge is 0.315 e. The van der Waals surface area contributed by atoms with Gasteiger partial charge in [-0.15, -0.1) is 15.3 Å². The van der Waals surface area contributed by atoms with Crippen molar-refractivity contribution in [3.05, 3.63) is 30.6 Å². The van der Waals surface area contributed by atoms with E-state index in [4.69, 9.17) is 0 Å². The zero-order chi connectivity index (χ0) is 17.8. The first-order valence-corrected chi connectivity index (χ1v) is 9.41. The molecule has 2 aromatic heterocycles. The molecule has 0 radical (unpaired) electrons. The molecule has 0 saturated carbocycles. The van der Waals surface area contributed by atoms with E-state index in [0.29, 0.717) is 5.92 Å². The van der Waals surface area contributed by atoms with Crippen molar-refractivity contribution in [3.8, 4) is 0 Å². The van der Waals surface area contributed by atoms with Crippen LogP contribution >= 0.6 is 0 Å². The summed E-state index contributed by atoms with van der Waals surface area (Å²) >= 11 is 0. The third kappa shape index (κ3) is 3.95. The molecule has 2 atom stereocenters. The highest BCUT2D eigenvalue weighted by atomic mass is 16.2. The number of nitrogens with one attached hydrogen (secondary N) is 2. The van der Waals surface area contributed by atoms with E-state index < -0.39 is 0 Å². The number of anilines is 1. The van der Waals surface area contributed by atoms with Crippen molar-refractivity contribution >= 4 is 17.5 Å². The number of urea groups is 1. The minimum Gasteiger partial charge on any atom is -0.353 e. The molecule has 2 aliphatic rings. The molecule has 2 aromatic rings. The number of hydrogen-bond donors (Lipinski definition) is 2. The number of rotatable bonds is 6. The Balaban J connectivity index is 1.19. The molecular weight excluding hydrogens is 330 g/mol. The van der Waals surface area contributed by atoms with Gasteiger partial charge >= 0.3 is 6.03 Å². The molecule has 2 N–H and O–H groups in total. The lowest BCUT2D eigenvalue weighted by Crippen LogP contribution is -2.43. The van der Waals surface area contributed by atoms with Gasteiger partial charge in [-0.1, -0.05) is 12.2 Å². The van der Waals surface area contributed by atoms with Crippen molar-refractivity contribution in [2.45, 2.75) is 38.1 Å². The summed E-state index contributed by atoms with van der Waals surface area (Å²) in [4.78, 5) is 14.3. The van der Waals surface area contributed by atoms with Crippen LogP contribution in [0.2, 0.25) is 0 Å². The van der Waals surface area contributed by atoms with Gasteiger partial charge in [-0.25, -0.2) is 4.79 Å². The molecule has 1 saturated heterocycles. The number of aromatic nitrogens is 4. The van der Waals surface area contributed by atoms with Crippen molar-refractivity contribution in [2.75, 3.05) is 24.5 Å². The Kier molecular flexibility index (Phi) is 4.99. The standard InChI is InChI=1S/C18H25N7O/c26-18(19-10-3-6-14-4-1-2-5-14)21-15-9-11-24(12-15)17-8-7-16-22-20-13-25(16)23-17/h1,4,7-8,13-15H,2-3,5-6,9-12H2,(H2,19,21,26). The van der Waals surface area contributed by atoms with Gasteiger partial charge in [0.1, 0.15) is 12.1 Å². The number of nitrogens with zero attached hydrogens (tertiary/aromatic N) is 5. The fourth-order valence-electron chi connectivity index (χ4n) is 3.71. The SMILES string of the molecule is O=C(NCCCC1C=CCC1)NC1CCN(c2ccc3nncn3n2)C1. The second kappa shape index (κ2) is 7.72. The summed E-state index contributed by atoms with van der Waals surface area (Å²) in [7, 11) is 0. The molecule has 1 fully saturated rings. The molecule has 4 rings (SSSR count). The van der Waals surface area contributed by atoms with Crippen LogP contribution < -0.4 is 15.5 Å². The molecule has 0 aromatic carbocycles. The van der Waals surface area contributed by atoms with Gasteiger partial charge in [0.2, 0.25) is 0 Å². The number of carbonyl (C=O) groups excluding carboxylic acids is 1.